The monoisotopic (exact) mass is 186 g/mol. The van der Waals surface area contributed by atoms with Gasteiger partial charge in [0, 0.05) is 32.3 Å². The Morgan fingerprint density at radius 2 is 2.15 bits per heavy atom. The quantitative estimate of drug-likeness (QED) is 0.709. The summed E-state index contributed by atoms with van der Waals surface area (Å²) >= 11 is 0. The van der Waals surface area contributed by atoms with Crippen LogP contribution >= 0.6 is 0 Å². The van der Waals surface area contributed by atoms with Crippen molar-refractivity contribution in [2.75, 3.05) is 26.7 Å². The fourth-order valence-corrected chi connectivity index (χ4v) is 1.75. The number of nitrogens with zero attached hydrogens (tertiary/aromatic N) is 1. The highest BCUT2D eigenvalue weighted by Crippen LogP contribution is 2.29. The van der Waals surface area contributed by atoms with Crippen molar-refractivity contribution in [1.29, 1.82) is 0 Å². The minimum absolute atomic E-state index is 0.0342. The van der Waals surface area contributed by atoms with Gasteiger partial charge in [-0.3, -0.25) is 4.90 Å². The molecule has 3 nitrogen and oxygen atoms in total. The van der Waals surface area contributed by atoms with Crippen molar-refractivity contribution >= 4 is 0 Å². The Kier molecular flexibility index (Phi) is 3.00. The van der Waals surface area contributed by atoms with Gasteiger partial charge in [0.2, 0.25) is 0 Å². The molecule has 0 saturated carbocycles. The highest BCUT2D eigenvalue weighted by atomic mass is 16.5. The largest absolute Gasteiger partial charge is 0.377 e. The topological polar surface area (TPSA) is 38.5 Å². The molecule has 78 valence electrons. The first-order chi connectivity index (χ1) is 5.93. The molecule has 1 saturated heterocycles. The second-order valence-corrected chi connectivity index (χ2v) is 4.84. The maximum atomic E-state index is 5.73. The summed E-state index contributed by atoms with van der Waals surface area (Å²) < 4.78 is 5.49. The number of likely N-dealkylation sites (tertiary alicyclic amines) is 1. The molecule has 0 aromatic heterocycles. The van der Waals surface area contributed by atoms with Gasteiger partial charge >= 0.3 is 0 Å². The van der Waals surface area contributed by atoms with Crippen LogP contribution in [0.2, 0.25) is 0 Å². The zero-order valence-electron chi connectivity index (χ0n) is 9.26. The van der Waals surface area contributed by atoms with Crippen LogP contribution in [0.1, 0.15) is 27.2 Å². The van der Waals surface area contributed by atoms with Crippen molar-refractivity contribution in [2.45, 2.75) is 38.3 Å². The van der Waals surface area contributed by atoms with E-state index in [0.29, 0.717) is 6.54 Å². The Labute approximate surface area is 81.2 Å². The molecule has 3 heteroatoms. The lowest BCUT2D eigenvalue weighted by atomic mass is 10.0. The molecule has 0 aliphatic carbocycles. The first kappa shape index (κ1) is 11.0. The van der Waals surface area contributed by atoms with E-state index in [1.807, 2.05) is 0 Å². The Morgan fingerprint density at radius 3 is 2.54 bits per heavy atom. The molecule has 1 aliphatic heterocycles. The summed E-state index contributed by atoms with van der Waals surface area (Å²) in [6.07, 6.45) is 1.10. The second kappa shape index (κ2) is 3.56. The standard InChI is InChI=1S/C10H22N2O/c1-9(2,7-11)12-6-5-10(3,8-12)13-4/h5-8,11H2,1-4H3. The fraction of sp³-hybridized carbons (Fsp3) is 1.00. The van der Waals surface area contributed by atoms with Gasteiger partial charge in [-0.15, -0.1) is 0 Å². The molecule has 1 rings (SSSR count). The third kappa shape index (κ3) is 2.22. The van der Waals surface area contributed by atoms with Crippen LogP contribution in [0.4, 0.5) is 0 Å². The summed E-state index contributed by atoms with van der Waals surface area (Å²) in [6.45, 7) is 9.33. The van der Waals surface area contributed by atoms with E-state index < -0.39 is 0 Å². The zero-order chi connectivity index (χ0) is 10.1. The van der Waals surface area contributed by atoms with E-state index in [1.54, 1.807) is 7.11 Å². The van der Waals surface area contributed by atoms with Crippen LogP contribution in [0, 0.1) is 0 Å². The fourth-order valence-electron chi connectivity index (χ4n) is 1.75. The van der Waals surface area contributed by atoms with E-state index in [9.17, 15) is 0 Å². The van der Waals surface area contributed by atoms with Gasteiger partial charge in [-0.25, -0.2) is 0 Å². The molecule has 1 aliphatic rings. The lowest BCUT2D eigenvalue weighted by Gasteiger charge is -2.35. The lowest BCUT2D eigenvalue weighted by Crippen LogP contribution is -2.49. The molecular formula is C10H22N2O. The highest BCUT2D eigenvalue weighted by molar-refractivity contribution is 4.95. The van der Waals surface area contributed by atoms with Crippen molar-refractivity contribution in [3.63, 3.8) is 0 Å². The summed E-state index contributed by atoms with van der Waals surface area (Å²) in [5, 5.41) is 0. The minimum Gasteiger partial charge on any atom is -0.377 e. The molecule has 0 radical (unpaired) electrons. The van der Waals surface area contributed by atoms with Gasteiger partial charge < -0.3 is 10.5 Å². The molecule has 0 amide bonds. The molecule has 0 bridgehead atoms. The van der Waals surface area contributed by atoms with Gasteiger partial charge in [0.1, 0.15) is 0 Å². The smallest absolute Gasteiger partial charge is 0.0789 e. The van der Waals surface area contributed by atoms with Crippen LogP contribution in [-0.2, 0) is 4.74 Å². The molecule has 1 unspecified atom stereocenters. The number of hydrogen-bond donors (Lipinski definition) is 1. The van der Waals surface area contributed by atoms with E-state index in [4.69, 9.17) is 10.5 Å². The molecule has 2 N–H and O–H groups in total. The van der Waals surface area contributed by atoms with Crippen molar-refractivity contribution in [1.82, 2.24) is 4.90 Å². The van der Waals surface area contributed by atoms with E-state index in [2.05, 4.69) is 25.7 Å². The van der Waals surface area contributed by atoms with Crippen LogP contribution in [0.3, 0.4) is 0 Å². The molecule has 1 atom stereocenters. The molecule has 0 spiro atoms. The van der Waals surface area contributed by atoms with Crippen LogP contribution < -0.4 is 5.73 Å². The predicted octanol–water partition coefficient (Wildman–Crippen LogP) is 0.835. The van der Waals surface area contributed by atoms with Crippen molar-refractivity contribution in [3.8, 4) is 0 Å². The van der Waals surface area contributed by atoms with Crippen LogP contribution in [0.15, 0.2) is 0 Å². The first-order valence-corrected chi connectivity index (χ1v) is 4.94. The number of ether oxygens (including phenoxy) is 1. The van der Waals surface area contributed by atoms with E-state index in [0.717, 1.165) is 19.5 Å². The minimum atomic E-state index is 0.0342. The van der Waals surface area contributed by atoms with E-state index in [-0.39, 0.29) is 11.1 Å². The Balaban J connectivity index is 2.59. The van der Waals surface area contributed by atoms with Gasteiger partial charge in [0.05, 0.1) is 5.60 Å². The van der Waals surface area contributed by atoms with Gasteiger partial charge in [0.25, 0.3) is 0 Å². The maximum Gasteiger partial charge on any atom is 0.0789 e. The van der Waals surface area contributed by atoms with E-state index >= 15 is 0 Å². The third-order valence-corrected chi connectivity index (χ3v) is 3.28. The molecular weight excluding hydrogens is 164 g/mol. The third-order valence-electron chi connectivity index (χ3n) is 3.28. The van der Waals surface area contributed by atoms with Gasteiger partial charge in [-0.1, -0.05) is 0 Å². The summed E-state index contributed by atoms with van der Waals surface area (Å²) in [7, 11) is 1.79. The van der Waals surface area contributed by atoms with Crippen LogP contribution in [0.5, 0.6) is 0 Å². The molecule has 0 aromatic carbocycles. The summed E-state index contributed by atoms with van der Waals surface area (Å²) in [4.78, 5) is 2.41. The van der Waals surface area contributed by atoms with Crippen LogP contribution in [-0.4, -0.2) is 42.8 Å². The van der Waals surface area contributed by atoms with Gasteiger partial charge in [-0.05, 0) is 27.2 Å². The van der Waals surface area contributed by atoms with Gasteiger partial charge in [-0.2, -0.15) is 0 Å². The number of hydrogen-bond acceptors (Lipinski definition) is 3. The number of rotatable bonds is 3. The van der Waals surface area contributed by atoms with Crippen molar-refractivity contribution < 1.29 is 4.74 Å². The average molecular weight is 186 g/mol. The van der Waals surface area contributed by atoms with Gasteiger partial charge in [0.15, 0.2) is 0 Å². The zero-order valence-corrected chi connectivity index (χ0v) is 9.26. The Morgan fingerprint density at radius 1 is 1.54 bits per heavy atom. The predicted molar refractivity (Wildman–Crippen MR) is 54.7 cm³/mol. The SMILES string of the molecule is COC1(C)CCN(C(C)(C)CN)C1. The Hall–Kier alpha value is -0.120. The number of methoxy groups -OCH3 is 1. The van der Waals surface area contributed by atoms with Crippen molar-refractivity contribution in [3.05, 3.63) is 0 Å². The maximum absolute atomic E-state index is 5.73. The highest BCUT2D eigenvalue weighted by Gasteiger charge is 2.39. The van der Waals surface area contributed by atoms with Crippen LogP contribution in [0.25, 0.3) is 0 Å². The summed E-state index contributed by atoms with van der Waals surface area (Å²) in [5.41, 5.74) is 5.88. The molecule has 1 heterocycles. The average Bonchev–Trinajstić information content (AvgIpc) is 2.50. The summed E-state index contributed by atoms with van der Waals surface area (Å²) in [6, 6.07) is 0. The first-order valence-electron chi connectivity index (χ1n) is 4.94. The lowest BCUT2D eigenvalue weighted by molar-refractivity contribution is 0.00525. The number of nitrogens with two attached hydrogens (primary N) is 1. The van der Waals surface area contributed by atoms with Crippen molar-refractivity contribution in [2.24, 2.45) is 5.73 Å². The van der Waals surface area contributed by atoms with E-state index in [1.165, 1.54) is 0 Å². The molecule has 0 aromatic rings. The Bertz CT molecular complexity index is 182. The second-order valence-electron chi connectivity index (χ2n) is 4.84. The molecule has 1 fully saturated rings. The normalized spacial score (nSPS) is 31.2. The molecule has 13 heavy (non-hydrogen) atoms. The summed E-state index contributed by atoms with van der Waals surface area (Å²) in [5.74, 6) is 0.